The maximum Gasteiger partial charge on any atom is 0.167 e. The third kappa shape index (κ3) is 2.95. The molecule has 0 amide bonds. The van der Waals surface area contributed by atoms with Crippen LogP contribution in [0.15, 0.2) is 42.5 Å². The van der Waals surface area contributed by atoms with Gasteiger partial charge in [0.1, 0.15) is 5.75 Å². The summed E-state index contributed by atoms with van der Waals surface area (Å²) < 4.78 is 20.2. The fourth-order valence-electron chi connectivity index (χ4n) is 1.48. The van der Waals surface area contributed by atoms with Crippen molar-refractivity contribution in [3.8, 4) is 11.5 Å². The molecule has 0 aliphatic carbocycles. The largest absolute Gasteiger partial charge is 0.454 e. The molecule has 0 unspecified atom stereocenters. The summed E-state index contributed by atoms with van der Waals surface area (Å²) in [5.74, 6) is 0.417. The highest BCUT2D eigenvalue weighted by Gasteiger charge is 2.09. The SMILES string of the molecule is NCc1cccc(F)c1Oc1cccc(I)c1. The van der Waals surface area contributed by atoms with Crippen molar-refractivity contribution >= 4 is 22.6 Å². The van der Waals surface area contributed by atoms with Crippen molar-refractivity contribution in [3.63, 3.8) is 0 Å². The number of para-hydroxylation sites is 1. The van der Waals surface area contributed by atoms with Crippen molar-refractivity contribution < 1.29 is 9.13 Å². The zero-order valence-electron chi connectivity index (χ0n) is 8.99. The Morgan fingerprint density at radius 2 is 1.94 bits per heavy atom. The Balaban J connectivity index is 2.35. The van der Waals surface area contributed by atoms with Crippen molar-refractivity contribution in [3.05, 3.63) is 57.4 Å². The van der Waals surface area contributed by atoms with Crippen LogP contribution in [0, 0.1) is 9.39 Å². The molecule has 4 heteroatoms. The molecule has 0 bridgehead atoms. The lowest BCUT2D eigenvalue weighted by Gasteiger charge is -2.10. The van der Waals surface area contributed by atoms with Crippen LogP contribution in [0.1, 0.15) is 5.56 Å². The van der Waals surface area contributed by atoms with Gasteiger partial charge in [-0.2, -0.15) is 0 Å². The van der Waals surface area contributed by atoms with E-state index in [0.717, 1.165) is 3.57 Å². The summed E-state index contributed by atoms with van der Waals surface area (Å²) in [7, 11) is 0. The molecule has 2 rings (SSSR count). The molecular weight excluding hydrogens is 332 g/mol. The minimum Gasteiger partial charge on any atom is -0.454 e. The molecule has 2 aromatic rings. The zero-order chi connectivity index (χ0) is 12.3. The fraction of sp³-hybridized carbons (Fsp3) is 0.0769. The predicted molar refractivity (Wildman–Crippen MR) is 73.5 cm³/mol. The van der Waals surface area contributed by atoms with Gasteiger partial charge in [0.2, 0.25) is 0 Å². The van der Waals surface area contributed by atoms with Crippen molar-refractivity contribution in [2.24, 2.45) is 5.73 Å². The second kappa shape index (κ2) is 5.46. The Morgan fingerprint density at radius 1 is 1.18 bits per heavy atom. The van der Waals surface area contributed by atoms with Crippen molar-refractivity contribution in [1.29, 1.82) is 0 Å². The summed E-state index contributed by atoms with van der Waals surface area (Å²) in [5.41, 5.74) is 6.21. The minimum absolute atomic E-state index is 0.206. The number of ether oxygens (including phenoxy) is 1. The Bertz CT molecular complexity index is 531. The molecule has 0 heterocycles. The fourth-order valence-corrected chi connectivity index (χ4v) is 1.99. The van der Waals surface area contributed by atoms with E-state index in [2.05, 4.69) is 22.6 Å². The van der Waals surface area contributed by atoms with Crippen molar-refractivity contribution in [2.45, 2.75) is 6.54 Å². The van der Waals surface area contributed by atoms with Crippen LogP contribution >= 0.6 is 22.6 Å². The normalized spacial score (nSPS) is 10.3. The molecule has 0 aliphatic heterocycles. The van der Waals surface area contributed by atoms with Gasteiger partial charge in [0.05, 0.1) is 0 Å². The van der Waals surface area contributed by atoms with Gasteiger partial charge < -0.3 is 10.5 Å². The van der Waals surface area contributed by atoms with E-state index in [4.69, 9.17) is 10.5 Å². The molecule has 0 aliphatic rings. The van der Waals surface area contributed by atoms with Gasteiger partial charge in [-0.3, -0.25) is 0 Å². The summed E-state index contributed by atoms with van der Waals surface area (Å²) in [6, 6.07) is 12.2. The maximum absolute atomic E-state index is 13.6. The third-order valence-corrected chi connectivity index (χ3v) is 2.96. The van der Waals surface area contributed by atoms with Crippen LogP contribution in [-0.2, 0) is 6.54 Å². The topological polar surface area (TPSA) is 35.2 Å². The van der Waals surface area contributed by atoms with E-state index >= 15 is 0 Å². The van der Waals surface area contributed by atoms with Crippen LogP contribution in [-0.4, -0.2) is 0 Å². The molecule has 0 aromatic heterocycles. The first-order chi connectivity index (χ1) is 8.20. The first kappa shape index (κ1) is 12.3. The van der Waals surface area contributed by atoms with Gasteiger partial charge in [-0.15, -0.1) is 0 Å². The summed E-state index contributed by atoms with van der Waals surface area (Å²) in [6.07, 6.45) is 0. The number of benzene rings is 2. The molecule has 0 fully saturated rings. The number of hydrogen-bond acceptors (Lipinski definition) is 2. The Kier molecular flexibility index (Phi) is 3.96. The summed E-state index contributed by atoms with van der Waals surface area (Å²) >= 11 is 2.18. The molecule has 0 atom stereocenters. The van der Waals surface area contributed by atoms with Crippen LogP contribution in [0.4, 0.5) is 4.39 Å². The van der Waals surface area contributed by atoms with Crippen LogP contribution in [0.5, 0.6) is 11.5 Å². The zero-order valence-corrected chi connectivity index (χ0v) is 11.1. The molecule has 0 radical (unpaired) electrons. The minimum atomic E-state index is -0.396. The number of nitrogens with two attached hydrogens (primary N) is 1. The van der Waals surface area contributed by atoms with E-state index in [-0.39, 0.29) is 12.3 Å². The van der Waals surface area contributed by atoms with E-state index < -0.39 is 5.82 Å². The van der Waals surface area contributed by atoms with Gasteiger partial charge >= 0.3 is 0 Å². The average molecular weight is 343 g/mol. The Morgan fingerprint density at radius 3 is 2.65 bits per heavy atom. The average Bonchev–Trinajstić information content (AvgIpc) is 2.32. The van der Waals surface area contributed by atoms with Gasteiger partial charge in [0.25, 0.3) is 0 Å². The van der Waals surface area contributed by atoms with Crippen LogP contribution in [0.25, 0.3) is 0 Å². The lowest BCUT2D eigenvalue weighted by molar-refractivity contribution is 0.436. The Hall–Kier alpha value is -1.14. The van der Waals surface area contributed by atoms with Crippen molar-refractivity contribution in [2.75, 3.05) is 0 Å². The van der Waals surface area contributed by atoms with Crippen LogP contribution < -0.4 is 10.5 Å². The molecule has 2 N–H and O–H groups in total. The Labute approximate surface area is 113 Å². The highest BCUT2D eigenvalue weighted by atomic mass is 127. The summed E-state index contributed by atoms with van der Waals surface area (Å²) in [4.78, 5) is 0. The number of hydrogen-bond donors (Lipinski definition) is 1. The smallest absolute Gasteiger partial charge is 0.167 e. The standard InChI is InChI=1S/C13H11FINO/c14-12-6-1-3-9(8-16)13(12)17-11-5-2-4-10(15)7-11/h1-7H,8,16H2. The monoisotopic (exact) mass is 343 g/mol. The number of halogens is 2. The second-order valence-corrected chi connectivity index (χ2v) is 4.74. The van der Waals surface area contributed by atoms with E-state index in [9.17, 15) is 4.39 Å². The second-order valence-electron chi connectivity index (χ2n) is 3.49. The van der Waals surface area contributed by atoms with E-state index in [1.165, 1.54) is 6.07 Å². The van der Waals surface area contributed by atoms with Gasteiger partial charge in [-0.25, -0.2) is 4.39 Å². The van der Waals surface area contributed by atoms with Gasteiger partial charge in [-0.05, 0) is 46.9 Å². The first-order valence-corrected chi connectivity index (χ1v) is 6.19. The van der Waals surface area contributed by atoms with E-state index in [1.807, 2.05) is 18.2 Å². The van der Waals surface area contributed by atoms with Crippen LogP contribution in [0.3, 0.4) is 0 Å². The maximum atomic E-state index is 13.6. The summed E-state index contributed by atoms with van der Waals surface area (Å²) in [5, 5.41) is 0. The highest BCUT2D eigenvalue weighted by molar-refractivity contribution is 14.1. The molecule has 0 spiro atoms. The van der Waals surface area contributed by atoms with Gasteiger partial charge in [0.15, 0.2) is 11.6 Å². The molecule has 0 saturated heterocycles. The number of rotatable bonds is 3. The highest BCUT2D eigenvalue weighted by Crippen LogP contribution is 2.28. The molecular formula is C13H11FINO. The third-order valence-electron chi connectivity index (χ3n) is 2.28. The lowest BCUT2D eigenvalue weighted by atomic mass is 10.2. The molecule has 2 nitrogen and oxygen atoms in total. The van der Waals surface area contributed by atoms with E-state index in [0.29, 0.717) is 11.3 Å². The molecule has 88 valence electrons. The molecule has 0 saturated carbocycles. The van der Waals surface area contributed by atoms with Crippen molar-refractivity contribution in [1.82, 2.24) is 0 Å². The molecule has 17 heavy (non-hydrogen) atoms. The molecule has 2 aromatic carbocycles. The van der Waals surface area contributed by atoms with Gasteiger partial charge in [0, 0.05) is 15.7 Å². The van der Waals surface area contributed by atoms with Gasteiger partial charge in [-0.1, -0.05) is 18.2 Å². The van der Waals surface area contributed by atoms with Crippen LogP contribution in [0.2, 0.25) is 0 Å². The first-order valence-electron chi connectivity index (χ1n) is 5.11. The quantitative estimate of drug-likeness (QED) is 0.863. The van der Waals surface area contributed by atoms with E-state index in [1.54, 1.807) is 18.2 Å². The summed E-state index contributed by atoms with van der Waals surface area (Å²) in [6.45, 7) is 0.247. The predicted octanol–water partition coefficient (Wildman–Crippen LogP) is 3.68. The lowest BCUT2D eigenvalue weighted by Crippen LogP contribution is -2.01.